The molecule has 0 saturated carbocycles. The summed E-state index contributed by atoms with van der Waals surface area (Å²) >= 11 is 0. The summed E-state index contributed by atoms with van der Waals surface area (Å²) in [6.45, 7) is 6.53. The summed E-state index contributed by atoms with van der Waals surface area (Å²) in [5.74, 6) is -0.630. The maximum atomic E-state index is 12.8. The van der Waals surface area contributed by atoms with Crippen LogP contribution in [0.5, 0.6) is 0 Å². The summed E-state index contributed by atoms with van der Waals surface area (Å²) in [6, 6.07) is 6.41. The van der Waals surface area contributed by atoms with Gasteiger partial charge in [-0.1, -0.05) is 19.1 Å². The summed E-state index contributed by atoms with van der Waals surface area (Å²) in [5, 5.41) is 3.23. The van der Waals surface area contributed by atoms with E-state index >= 15 is 0 Å². The molecule has 3 nitrogen and oxygen atoms in total. The molecule has 0 aliphatic rings. The molecule has 0 amide bonds. The van der Waals surface area contributed by atoms with Gasteiger partial charge in [0.15, 0.2) is 0 Å². The first-order valence-electron chi connectivity index (χ1n) is 6.20. The fraction of sp³-hybridized carbons (Fsp3) is 0.500. The number of esters is 1. The van der Waals surface area contributed by atoms with E-state index in [2.05, 4.69) is 5.32 Å². The molecule has 0 aromatic heterocycles. The summed E-state index contributed by atoms with van der Waals surface area (Å²) in [6.07, 6.45) is 0. The van der Waals surface area contributed by atoms with Crippen molar-refractivity contribution in [3.8, 4) is 0 Å². The van der Waals surface area contributed by atoms with Gasteiger partial charge in [0.25, 0.3) is 0 Å². The lowest BCUT2D eigenvalue weighted by atomic mass is 10.1. The van der Waals surface area contributed by atoms with E-state index in [-0.39, 0.29) is 23.7 Å². The predicted octanol–water partition coefficient (Wildman–Crippen LogP) is 2.68. The molecule has 0 spiro atoms. The van der Waals surface area contributed by atoms with Crippen molar-refractivity contribution < 1.29 is 13.9 Å². The molecule has 1 N–H and O–H groups in total. The van der Waals surface area contributed by atoms with Gasteiger partial charge in [-0.3, -0.25) is 4.79 Å². The first-order valence-corrected chi connectivity index (χ1v) is 6.20. The quantitative estimate of drug-likeness (QED) is 0.792. The van der Waals surface area contributed by atoms with Gasteiger partial charge in [0.1, 0.15) is 5.82 Å². The minimum absolute atomic E-state index is 0.0717. The van der Waals surface area contributed by atoms with E-state index in [0.29, 0.717) is 13.2 Å². The molecule has 0 aliphatic heterocycles. The van der Waals surface area contributed by atoms with Gasteiger partial charge < -0.3 is 10.1 Å². The van der Waals surface area contributed by atoms with Gasteiger partial charge in [-0.15, -0.1) is 0 Å². The fourth-order valence-corrected chi connectivity index (χ4v) is 1.59. The molecule has 1 aromatic carbocycles. The highest BCUT2D eigenvalue weighted by Crippen LogP contribution is 2.13. The Balaban J connectivity index is 2.43. The fourth-order valence-electron chi connectivity index (χ4n) is 1.59. The maximum absolute atomic E-state index is 12.8. The van der Waals surface area contributed by atoms with Crippen LogP contribution in [-0.4, -0.2) is 19.1 Å². The van der Waals surface area contributed by atoms with Crippen LogP contribution >= 0.6 is 0 Å². The second-order valence-corrected chi connectivity index (χ2v) is 4.33. The number of halogens is 1. The average Bonchev–Trinajstić information content (AvgIpc) is 2.36. The predicted molar refractivity (Wildman–Crippen MR) is 68.6 cm³/mol. The zero-order chi connectivity index (χ0) is 13.5. The number of hydrogen-bond donors (Lipinski definition) is 1. The molecule has 2 atom stereocenters. The lowest BCUT2D eigenvalue weighted by Gasteiger charge is -2.17. The van der Waals surface area contributed by atoms with E-state index < -0.39 is 0 Å². The van der Waals surface area contributed by atoms with Gasteiger partial charge >= 0.3 is 5.97 Å². The molecule has 1 unspecified atom stereocenters. The van der Waals surface area contributed by atoms with E-state index in [9.17, 15) is 9.18 Å². The standard InChI is InChI=1S/C14H20FNO2/c1-4-18-14(17)10(2)9-16-11(3)12-5-7-13(15)8-6-12/h5-8,10-11,16H,4,9H2,1-3H3/t10?,11-/m1/s1. The van der Waals surface area contributed by atoms with E-state index in [1.807, 2.05) is 13.8 Å². The van der Waals surface area contributed by atoms with E-state index in [1.165, 1.54) is 12.1 Å². The molecule has 1 rings (SSSR count). The Labute approximate surface area is 107 Å². The maximum Gasteiger partial charge on any atom is 0.309 e. The van der Waals surface area contributed by atoms with Crippen molar-refractivity contribution in [2.75, 3.05) is 13.2 Å². The third-order valence-corrected chi connectivity index (χ3v) is 2.79. The number of hydrogen-bond acceptors (Lipinski definition) is 3. The smallest absolute Gasteiger partial charge is 0.309 e. The molecule has 0 bridgehead atoms. The van der Waals surface area contributed by atoms with Gasteiger partial charge in [0.2, 0.25) is 0 Å². The summed E-state index contributed by atoms with van der Waals surface area (Å²) in [4.78, 5) is 11.4. The highest BCUT2D eigenvalue weighted by molar-refractivity contribution is 5.72. The minimum atomic E-state index is -0.245. The Morgan fingerprint density at radius 3 is 2.50 bits per heavy atom. The summed E-state index contributed by atoms with van der Waals surface area (Å²) in [5.41, 5.74) is 0.993. The number of carbonyl (C=O) groups is 1. The molecular weight excluding hydrogens is 233 g/mol. The van der Waals surface area contributed by atoms with Crippen molar-refractivity contribution in [2.24, 2.45) is 5.92 Å². The highest BCUT2D eigenvalue weighted by Gasteiger charge is 2.15. The van der Waals surface area contributed by atoms with Gasteiger partial charge in [-0.2, -0.15) is 0 Å². The number of carbonyl (C=O) groups excluding carboxylic acids is 1. The van der Waals surface area contributed by atoms with Crippen molar-refractivity contribution >= 4 is 5.97 Å². The SMILES string of the molecule is CCOC(=O)C(C)CN[C@H](C)c1ccc(F)cc1. The lowest BCUT2D eigenvalue weighted by Crippen LogP contribution is -2.29. The van der Waals surface area contributed by atoms with Crippen LogP contribution in [0.25, 0.3) is 0 Å². The first-order chi connectivity index (χ1) is 8.54. The molecule has 0 saturated heterocycles. The third-order valence-electron chi connectivity index (χ3n) is 2.79. The summed E-state index contributed by atoms with van der Waals surface area (Å²) < 4.78 is 17.7. The molecule has 18 heavy (non-hydrogen) atoms. The van der Waals surface area contributed by atoms with Crippen LogP contribution in [0.2, 0.25) is 0 Å². The number of benzene rings is 1. The van der Waals surface area contributed by atoms with E-state index in [1.54, 1.807) is 19.1 Å². The minimum Gasteiger partial charge on any atom is -0.466 e. The van der Waals surface area contributed by atoms with Gasteiger partial charge in [-0.05, 0) is 31.5 Å². The van der Waals surface area contributed by atoms with Crippen LogP contribution < -0.4 is 5.32 Å². The molecule has 0 aliphatic carbocycles. The zero-order valence-electron chi connectivity index (χ0n) is 11.1. The number of ether oxygens (including phenoxy) is 1. The van der Waals surface area contributed by atoms with Crippen LogP contribution in [0.3, 0.4) is 0 Å². The van der Waals surface area contributed by atoms with E-state index in [4.69, 9.17) is 4.74 Å². The molecule has 1 aromatic rings. The van der Waals surface area contributed by atoms with Crippen LogP contribution in [-0.2, 0) is 9.53 Å². The monoisotopic (exact) mass is 253 g/mol. The van der Waals surface area contributed by atoms with Crippen molar-refractivity contribution in [3.05, 3.63) is 35.6 Å². The van der Waals surface area contributed by atoms with Crippen LogP contribution in [0.15, 0.2) is 24.3 Å². The summed E-state index contributed by atoms with van der Waals surface area (Å²) in [7, 11) is 0. The molecule has 0 heterocycles. The van der Waals surface area contributed by atoms with Crippen LogP contribution in [0, 0.1) is 11.7 Å². The molecule has 4 heteroatoms. The Bertz CT molecular complexity index is 378. The Kier molecular flexibility index (Phi) is 5.78. The topological polar surface area (TPSA) is 38.3 Å². The number of rotatable bonds is 6. The Morgan fingerprint density at radius 2 is 1.94 bits per heavy atom. The molecule has 100 valence electrons. The van der Waals surface area contributed by atoms with Crippen molar-refractivity contribution in [1.29, 1.82) is 0 Å². The number of nitrogens with one attached hydrogen (secondary N) is 1. The van der Waals surface area contributed by atoms with Crippen LogP contribution in [0.4, 0.5) is 4.39 Å². The first kappa shape index (κ1) is 14.6. The molecule has 0 fully saturated rings. The van der Waals surface area contributed by atoms with Crippen molar-refractivity contribution in [2.45, 2.75) is 26.8 Å². The normalized spacial score (nSPS) is 14.0. The Hall–Kier alpha value is -1.42. The lowest BCUT2D eigenvalue weighted by molar-refractivity contribution is -0.147. The van der Waals surface area contributed by atoms with E-state index in [0.717, 1.165) is 5.56 Å². The highest BCUT2D eigenvalue weighted by atomic mass is 19.1. The van der Waals surface area contributed by atoms with Crippen molar-refractivity contribution in [3.63, 3.8) is 0 Å². The largest absolute Gasteiger partial charge is 0.466 e. The van der Waals surface area contributed by atoms with Gasteiger partial charge in [0, 0.05) is 12.6 Å². The average molecular weight is 253 g/mol. The third kappa shape index (κ3) is 4.45. The second kappa shape index (κ2) is 7.11. The van der Waals surface area contributed by atoms with Crippen molar-refractivity contribution in [1.82, 2.24) is 5.32 Å². The second-order valence-electron chi connectivity index (χ2n) is 4.33. The zero-order valence-corrected chi connectivity index (χ0v) is 11.1. The van der Waals surface area contributed by atoms with Crippen LogP contribution in [0.1, 0.15) is 32.4 Å². The van der Waals surface area contributed by atoms with Gasteiger partial charge in [0.05, 0.1) is 12.5 Å². The molecule has 0 radical (unpaired) electrons. The Morgan fingerprint density at radius 1 is 1.33 bits per heavy atom. The van der Waals surface area contributed by atoms with Gasteiger partial charge in [-0.25, -0.2) is 4.39 Å². The molecular formula is C14H20FNO2.